The Bertz CT molecular complexity index is 694. The van der Waals surface area contributed by atoms with Crippen LogP contribution >= 0.6 is 11.3 Å². The number of nitrogens with one attached hydrogen (secondary N) is 1. The molecule has 1 N–H and O–H groups in total. The van der Waals surface area contributed by atoms with Crippen LogP contribution in [-0.2, 0) is 0 Å². The summed E-state index contributed by atoms with van der Waals surface area (Å²) in [6.07, 6.45) is 1.82. The lowest BCUT2D eigenvalue weighted by atomic mass is 10.2. The number of hydrogen-bond donors (Lipinski definition) is 1. The molecule has 0 radical (unpaired) electrons. The van der Waals surface area contributed by atoms with Crippen molar-refractivity contribution in [1.29, 1.82) is 0 Å². The van der Waals surface area contributed by atoms with E-state index in [0.29, 0.717) is 0 Å². The Balaban J connectivity index is 1.94. The molecule has 0 aliphatic heterocycles. The van der Waals surface area contributed by atoms with Crippen LogP contribution in [0.1, 0.15) is 23.7 Å². The highest BCUT2D eigenvalue weighted by Crippen LogP contribution is 2.22. The van der Waals surface area contributed by atoms with Gasteiger partial charge in [-0.15, -0.1) is 11.3 Å². The monoisotopic (exact) mass is 270 g/mol. The topological polar surface area (TPSA) is 50.7 Å². The maximum absolute atomic E-state index is 4.63. The summed E-state index contributed by atoms with van der Waals surface area (Å²) in [5.41, 5.74) is 2.73. The summed E-state index contributed by atoms with van der Waals surface area (Å²) in [6.45, 7) is 4.05. The van der Waals surface area contributed by atoms with Crippen molar-refractivity contribution in [3.8, 4) is 0 Å². The Morgan fingerprint density at radius 1 is 1.16 bits per heavy atom. The first-order valence-corrected chi connectivity index (χ1v) is 7.01. The Kier molecular flexibility index (Phi) is 3.13. The smallest absolute Gasteiger partial charge is 0.148 e. The normalized spacial score (nSPS) is 12.5. The third kappa shape index (κ3) is 2.42. The first kappa shape index (κ1) is 12.0. The van der Waals surface area contributed by atoms with E-state index in [1.807, 2.05) is 42.8 Å². The number of hydrogen-bond acceptors (Lipinski definition) is 5. The van der Waals surface area contributed by atoms with E-state index in [-0.39, 0.29) is 6.04 Å². The zero-order chi connectivity index (χ0) is 13.2. The molecular formula is C14H14N4S. The Morgan fingerprint density at radius 2 is 1.89 bits per heavy atom. The van der Waals surface area contributed by atoms with Gasteiger partial charge in [0.25, 0.3) is 0 Å². The predicted octanol–water partition coefficient (Wildman–Crippen LogP) is 3.57. The number of rotatable bonds is 3. The van der Waals surface area contributed by atoms with Gasteiger partial charge in [0.15, 0.2) is 0 Å². The second kappa shape index (κ2) is 4.93. The first-order valence-electron chi connectivity index (χ1n) is 6.13. The SMILES string of the molecule is Cc1nc2ccccc2nc1NC(C)c1nccs1. The minimum absolute atomic E-state index is 0.133. The number of benzene rings is 1. The summed E-state index contributed by atoms with van der Waals surface area (Å²) in [7, 11) is 0. The highest BCUT2D eigenvalue weighted by molar-refractivity contribution is 7.09. The third-order valence-electron chi connectivity index (χ3n) is 2.92. The second-order valence-electron chi connectivity index (χ2n) is 4.38. The molecule has 1 atom stereocenters. The van der Waals surface area contributed by atoms with Crippen LogP contribution in [-0.4, -0.2) is 15.0 Å². The molecule has 1 unspecified atom stereocenters. The fourth-order valence-electron chi connectivity index (χ4n) is 1.94. The molecule has 5 heteroatoms. The van der Waals surface area contributed by atoms with Gasteiger partial charge in [0.1, 0.15) is 10.8 Å². The molecule has 0 saturated carbocycles. The van der Waals surface area contributed by atoms with E-state index >= 15 is 0 Å². The molecule has 4 nitrogen and oxygen atoms in total. The van der Waals surface area contributed by atoms with Crippen molar-refractivity contribution in [2.24, 2.45) is 0 Å². The van der Waals surface area contributed by atoms with Gasteiger partial charge in [-0.25, -0.2) is 15.0 Å². The first-order chi connectivity index (χ1) is 9.24. The van der Waals surface area contributed by atoms with Gasteiger partial charge >= 0.3 is 0 Å². The largest absolute Gasteiger partial charge is 0.360 e. The number of aryl methyl sites for hydroxylation is 1. The van der Waals surface area contributed by atoms with Gasteiger partial charge < -0.3 is 5.32 Å². The van der Waals surface area contributed by atoms with Crippen LogP contribution in [0, 0.1) is 6.92 Å². The molecule has 0 aliphatic carbocycles. The Labute approximate surface area is 115 Å². The number of aromatic nitrogens is 3. The van der Waals surface area contributed by atoms with Crippen molar-refractivity contribution in [3.63, 3.8) is 0 Å². The van der Waals surface area contributed by atoms with E-state index < -0.39 is 0 Å². The van der Waals surface area contributed by atoms with Crippen molar-refractivity contribution in [2.45, 2.75) is 19.9 Å². The number of thiazole rings is 1. The second-order valence-corrected chi connectivity index (χ2v) is 5.31. The van der Waals surface area contributed by atoms with E-state index in [4.69, 9.17) is 0 Å². The number of anilines is 1. The van der Waals surface area contributed by atoms with Crippen molar-refractivity contribution < 1.29 is 0 Å². The van der Waals surface area contributed by atoms with Crippen LogP contribution in [0.15, 0.2) is 35.8 Å². The molecular weight excluding hydrogens is 256 g/mol. The number of para-hydroxylation sites is 2. The number of nitrogens with zero attached hydrogens (tertiary/aromatic N) is 3. The van der Waals surface area contributed by atoms with Gasteiger partial charge in [0, 0.05) is 11.6 Å². The Hall–Kier alpha value is -2.01. The van der Waals surface area contributed by atoms with Crippen LogP contribution in [0.4, 0.5) is 5.82 Å². The minimum Gasteiger partial charge on any atom is -0.360 e. The highest BCUT2D eigenvalue weighted by atomic mass is 32.1. The van der Waals surface area contributed by atoms with Crippen LogP contribution in [0.3, 0.4) is 0 Å². The summed E-state index contributed by atoms with van der Waals surface area (Å²) in [6, 6.07) is 8.03. The molecule has 0 fully saturated rings. The lowest BCUT2D eigenvalue weighted by Gasteiger charge is -2.14. The van der Waals surface area contributed by atoms with Crippen LogP contribution in [0.25, 0.3) is 11.0 Å². The molecule has 0 bridgehead atoms. The highest BCUT2D eigenvalue weighted by Gasteiger charge is 2.11. The van der Waals surface area contributed by atoms with Crippen LogP contribution in [0.5, 0.6) is 0 Å². The fourth-order valence-corrected chi connectivity index (χ4v) is 2.59. The summed E-state index contributed by atoms with van der Waals surface area (Å²) in [5, 5.41) is 6.41. The van der Waals surface area contributed by atoms with Gasteiger partial charge in [-0.3, -0.25) is 0 Å². The van der Waals surface area contributed by atoms with E-state index in [1.165, 1.54) is 0 Å². The molecule has 0 saturated heterocycles. The van der Waals surface area contributed by atoms with E-state index in [2.05, 4.69) is 27.2 Å². The quantitative estimate of drug-likeness (QED) is 0.790. The summed E-state index contributed by atoms with van der Waals surface area (Å²) in [5.74, 6) is 0.821. The molecule has 3 aromatic rings. The van der Waals surface area contributed by atoms with Crippen molar-refractivity contribution >= 4 is 28.2 Å². The molecule has 0 amide bonds. The minimum atomic E-state index is 0.133. The Morgan fingerprint density at radius 3 is 2.58 bits per heavy atom. The van der Waals surface area contributed by atoms with E-state index in [1.54, 1.807) is 11.3 Å². The van der Waals surface area contributed by atoms with Gasteiger partial charge in [-0.1, -0.05) is 12.1 Å². The van der Waals surface area contributed by atoms with Crippen LogP contribution < -0.4 is 5.32 Å². The molecule has 0 aliphatic rings. The zero-order valence-corrected chi connectivity index (χ0v) is 11.6. The lowest BCUT2D eigenvalue weighted by molar-refractivity contribution is 0.856. The predicted molar refractivity (Wildman–Crippen MR) is 78.4 cm³/mol. The average Bonchev–Trinajstić information content (AvgIpc) is 2.93. The molecule has 2 heterocycles. The summed E-state index contributed by atoms with van der Waals surface area (Å²) < 4.78 is 0. The molecule has 96 valence electrons. The average molecular weight is 270 g/mol. The molecule has 3 rings (SSSR count). The maximum Gasteiger partial charge on any atom is 0.148 e. The molecule has 2 aromatic heterocycles. The van der Waals surface area contributed by atoms with Crippen molar-refractivity contribution in [3.05, 3.63) is 46.5 Å². The van der Waals surface area contributed by atoms with Gasteiger partial charge in [-0.2, -0.15) is 0 Å². The van der Waals surface area contributed by atoms with Gasteiger partial charge in [0.05, 0.1) is 22.8 Å². The van der Waals surface area contributed by atoms with E-state index in [0.717, 1.165) is 27.6 Å². The maximum atomic E-state index is 4.63. The molecule has 19 heavy (non-hydrogen) atoms. The summed E-state index contributed by atoms with van der Waals surface area (Å²) in [4.78, 5) is 13.5. The van der Waals surface area contributed by atoms with Crippen molar-refractivity contribution in [2.75, 3.05) is 5.32 Å². The summed E-state index contributed by atoms with van der Waals surface area (Å²) >= 11 is 1.64. The van der Waals surface area contributed by atoms with E-state index in [9.17, 15) is 0 Å². The molecule has 0 spiro atoms. The van der Waals surface area contributed by atoms with Gasteiger partial charge in [-0.05, 0) is 26.0 Å². The van der Waals surface area contributed by atoms with Crippen molar-refractivity contribution in [1.82, 2.24) is 15.0 Å². The molecule has 1 aromatic carbocycles. The third-order valence-corrected chi connectivity index (χ3v) is 3.88. The zero-order valence-electron chi connectivity index (χ0n) is 10.8. The standard InChI is InChI=1S/C14H14N4S/c1-9-13(17-10(2)14-15-7-8-19-14)18-12-6-4-3-5-11(12)16-9/h3-8,10H,1-2H3,(H,17,18). The lowest BCUT2D eigenvalue weighted by Crippen LogP contribution is -2.09. The fraction of sp³-hybridized carbons (Fsp3) is 0.214. The number of fused-ring (bicyclic) bond motifs is 1. The van der Waals surface area contributed by atoms with Gasteiger partial charge in [0.2, 0.25) is 0 Å². The van der Waals surface area contributed by atoms with Crippen LogP contribution in [0.2, 0.25) is 0 Å².